The fourth-order valence-corrected chi connectivity index (χ4v) is 4.11. The standard InChI is InChI=1S/C31H28.Pt/c1-22-11-5-7-13-26(22)19-28-15-9-17-30(24(28)3)21-31-18-10-16-29(25(31)4)20-27-14-8-6-12-23(27)2;/h5-18H,1-4,19-21H2;/q-4;+4. The molecule has 0 aliphatic heterocycles. The van der Waals surface area contributed by atoms with Gasteiger partial charge in [-0.15, -0.1) is 48.5 Å². The van der Waals surface area contributed by atoms with Gasteiger partial charge in [-0.25, -0.2) is 0 Å². The van der Waals surface area contributed by atoms with Crippen molar-refractivity contribution in [1.29, 1.82) is 0 Å². The third kappa shape index (κ3) is 5.26. The first kappa shape index (κ1) is 23.7. The van der Waals surface area contributed by atoms with E-state index in [-0.39, 0.29) is 21.1 Å². The van der Waals surface area contributed by atoms with Crippen LogP contribution in [0.5, 0.6) is 0 Å². The van der Waals surface area contributed by atoms with Crippen LogP contribution in [-0.4, -0.2) is 0 Å². The van der Waals surface area contributed by atoms with Gasteiger partial charge in [0, 0.05) is 0 Å². The number of benzene rings is 4. The first-order valence-corrected chi connectivity index (χ1v) is 10.7. The van der Waals surface area contributed by atoms with E-state index in [0.717, 1.165) is 41.5 Å². The molecular formula is C31H28Pt. The van der Waals surface area contributed by atoms with Gasteiger partial charge in [0.2, 0.25) is 0 Å². The van der Waals surface area contributed by atoms with Crippen molar-refractivity contribution in [3.05, 3.63) is 168 Å². The van der Waals surface area contributed by atoms with Gasteiger partial charge in [0.1, 0.15) is 0 Å². The van der Waals surface area contributed by atoms with E-state index in [1.54, 1.807) is 0 Å². The second kappa shape index (κ2) is 10.6. The van der Waals surface area contributed by atoms with Crippen LogP contribution in [0.3, 0.4) is 0 Å². The third-order valence-corrected chi connectivity index (χ3v) is 6.12. The Bertz CT molecular complexity index is 1110. The molecule has 0 spiro atoms. The quantitative estimate of drug-likeness (QED) is 0.207. The van der Waals surface area contributed by atoms with E-state index in [1.165, 1.54) is 33.4 Å². The summed E-state index contributed by atoms with van der Waals surface area (Å²) in [4.78, 5) is 0. The van der Waals surface area contributed by atoms with Crippen molar-refractivity contribution >= 4 is 0 Å². The van der Waals surface area contributed by atoms with Crippen molar-refractivity contribution < 1.29 is 21.1 Å². The Labute approximate surface area is 208 Å². The SMILES string of the molecule is [CH2-]c1ccccc1Cc1cccc(Cc2cccc(Cc3ccccc3[CH2-])c2[CH2-])c1[CH2-].[Pt+4]. The van der Waals surface area contributed by atoms with E-state index in [4.69, 9.17) is 0 Å². The Morgan fingerprint density at radius 2 is 0.656 bits per heavy atom. The second-order valence-corrected chi connectivity index (χ2v) is 8.18. The summed E-state index contributed by atoms with van der Waals surface area (Å²) >= 11 is 0. The Balaban J connectivity index is 0.00000289. The first-order chi connectivity index (χ1) is 15.0. The Hall–Kier alpha value is -2.95. The topological polar surface area (TPSA) is 0 Å². The molecule has 4 aromatic rings. The largest absolute Gasteiger partial charge is 4.00 e. The van der Waals surface area contributed by atoms with E-state index >= 15 is 0 Å². The summed E-state index contributed by atoms with van der Waals surface area (Å²) in [7, 11) is 0. The van der Waals surface area contributed by atoms with Gasteiger partial charge in [0.05, 0.1) is 0 Å². The molecule has 0 radical (unpaired) electrons. The molecule has 0 aliphatic carbocycles. The van der Waals surface area contributed by atoms with Gasteiger partial charge in [-0.3, -0.25) is 0 Å². The summed E-state index contributed by atoms with van der Waals surface area (Å²) in [5, 5.41) is 0. The average molecular weight is 596 g/mol. The minimum absolute atomic E-state index is 0. The molecule has 0 N–H and O–H groups in total. The van der Waals surface area contributed by atoms with Crippen molar-refractivity contribution in [3.63, 3.8) is 0 Å². The zero-order valence-electron chi connectivity index (χ0n) is 18.3. The second-order valence-electron chi connectivity index (χ2n) is 8.18. The molecule has 162 valence electrons. The van der Waals surface area contributed by atoms with E-state index in [9.17, 15) is 0 Å². The van der Waals surface area contributed by atoms with Crippen LogP contribution in [-0.2, 0) is 40.3 Å². The third-order valence-electron chi connectivity index (χ3n) is 6.12. The van der Waals surface area contributed by atoms with E-state index in [2.05, 4.69) is 100 Å². The van der Waals surface area contributed by atoms with E-state index in [0.29, 0.717) is 0 Å². The normalized spacial score (nSPS) is 10.5. The molecule has 0 aliphatic rings. The molecule has 32 heavy (non-hydrogen) atoms. The van der Waals surface area contributed by atoms with Crippen molar-refractivity contribution in [2.24, 2.45) is 0 Å². The van der Waals surface area contributed by atoms with Crippen LogP contribution in [0.2, 0.25) is 0 Å². The molecule has 0 unspecified atom stereocenters. The van der Waals surface area contributed by atoms with Crippen LogP contribution in [0, 0.1) is 27.7 Å². The monoisotopic (exact) mass is 595 g/mol. The number of rotatable bonds is 6. The van der Waals surface area contributed by atoms with Crippen molar-refractivity contribution in [3.8, 4) is 0 Å². The van der Waals surface area contributed by atoms with Crippen LogP contribution < -0.4 is 0 Å². The predicted octanol–water partition coefficient (Wildman–Crippen LogP) is 7.19. The maximum atomic E-state index is 4.42. The molecule has 0 nitrogen and oxygen atoms in total. The van der Waals surface area contributed by atoms with Gasteiger partial charge < -0.3 is 0 Å². The van der Waals surface area contributed by atoms with Crippen LogP contribution in [0.1, 0.15) is 55.6 Å². The minimum Gasteiger partial charge on any atom is -0.198 e. The summed E-state index contributed by atoms with van der Waals surface area (Å²) in [5.41, 5.74) is 11.9. The fourth-order valence-electron chi connectivity index (χ4n) is 4.11. The molecule has 0 bridgehead atoms. The summed E-state index contributed by atoms with van der Waals surface area (Å²) in [6.45, 7) is 17.2. The maximum absolute atomic E-state index is 4.42. The Morgan fingerprint density at radius 3 is 1.00 bits per heavy atom. The zero-order chi connectivity index (χ0) is 21.8. The molecule has 1 heteroatoms. The fraction of sp³-hybridized carbons (Fsp3) is 0.0968. The van der Waals surface area contributed by atoms with Gasteiger partial charge in [-0.2, -0.15) is 95.5 Å². The van der Waals surface area contributed by atoms with Crippen molar-refractivity contribution in [2.45, 2.75) is 19.3 Å². The summed E-state index contributed by atoms with van der Waals surface area (Å²) in [6, 6.07) is 29.6. The predicted molar refractivity (Wildman–Crippen MR) is 132 cm³/mol. The van der Waals surface area contributed by atoms with Crippen LogP contribution in [0.25, 0.3) is 0 Å². The average Bonchev–Trinajstić information content (AvgIpc) is 2.76. The molecular weight excluding hydrogens is 567 g/mol. The van der Waals surface area contributed by atoms with Gasteiger partial charge >= 0.3 is 21.1 Å². The van der Waals surface area contributed by atoms with Crippen molar-refractivity contribution in [2.75, 3.05) is 0 Å². The molecule has 0 saturated heterocycles. The van der Waals surface area contributed by atoms with Gasteiger partial charge in [-0.1, -0.05) is 43.5 Å². The summed E-state index contributed by atoms with van der Waals surface area (Å²) < 4.78 is 0. The van der Waals surface area contributed by atoms with Gasteiger partial charge in [0.15, 0.2) is 0 Å². The molecule has 0 saturated carbocycles. The van der Waals surface area contributed by atoms with Gasteiger partial charge in [-0.05, 0) is 0 Å². The molecule has 0 amide bonds. The molecule has 4 aromatic carbocycles. The smallest absolute Gasteiger partial charge is 0.198 e. The molecule has 0 aromatic heterocycles. The molecule has 0 heterocycles. The number of hydrogen-bond acceptors (Lipinski definition) is 0. The van der Waals surface area contributed by atoms with E-state index < -0.39 is 0 Å². The number of hydrogen-bond donors (Lipinski definition) is 0. The van der Waals surface area contributed by atoms with Crippen LogP contribution >= 0.6 is 0 Å². The molecule has 0 atom stereocenters. The van der Waals surface area contributed by atoms with Crippen LogP contribution in [0.15, 0.2) is 84.9 Å². The molecule has 0 fully saturated rings. The van der Waals surface area contributed by atoms with Crippen molar-refractivity contribution in [1.82, 2.24) is 0 Å². The maximum Gasteiger partial charge on any atom is 4.00 e. The van der Waals surface area contributed by atoms with Gasteiger partial charge in [0.25, 0.3) is 0 Å². The summed E-state index contributed by atoms with van der Waals surface area (Å²) in [5.74, 6) is 0. The first-order valence-electron chi connectivity index (χ1n) is 10.7. The zero-order valence-corrected chi connectivity index (χ0v) is 20.6. The Kier molecular flexibility index (Phi) is 7.83. The minimum atomic E-state index is 0. The Morgan fingerprint density at radius 1 is 0.375 bits per heavy atom. The summed E-state index contributed by atoms with van der Waals surface area (Å²) in [6.07, 6.45) is 2.53. The van der Waals surface area contributed by atoms with E-state index in [1.807, 2.05) is 12.1 Å². The molecule has 4 rings (SSSR count). The van der Waals surface area contributed by atoms with Crippen LogP contribution in [0.4, 0.5) is 0 Å².